The lowest BCUT2D eigenvalue weighted by Crippen LogP contribution is -2.38. The highest BCUT2D eigenvalue weighted by Gasteiger charge is 2.45. The summed E-state index contributed by atoms with van der Waals surface area (Å²) in [6.45, 7) is 0. The van der Waals surface area contributed by atoms with Crippen molar-refractivity contribution in [2.45, 2.75) is 37.4 Å². The second kappa shape index (κ2) is 10.3. The number of carbonyl (C=O) groups is 3. The molecule has 0 N–H and O–H groups in total. The van der Waals surface area contributed by atoms with E-state index in [9.17, 15) is 14.4 Å². The maximum Gasteiger partial charge on any atom is 0.305 e. The Balaban J connectivity index is 1.16. The molecular formula is C34H28O5. The minimum Gasteiger partial charge on any atom is -0.440 e. The first kappa shape index (κ1) is 24.8. The first-order valence-corrected chi connectivity index (χ1v) is 13.3. The summed E-state index contributed by atoms with van der Waals surface area (Å²) in [7, 11) is 0. The van der Waals surface area contributed by atoms with Crippen molar-refractivity contribution in [2.24, 2.45) is 5.92 Å². The van der Waals surface area contributed by atoms with E-state index in [0.29, 0.717) is 17.9 Å². The molecule has 1 heterocycles. The van der Waals surface area contributed by atoms with E-state index in [4.69, 9.17) is 9.47 Å². The van der Waals surface area contributed by atoms with E-state index in [1.165, 1.54) is 0 Å². The number of benzene rings is 4. The molecule has 0 amide bonds. The van der Waals surface area contributed by atoms with Gasteiger partial charge in [0.2, 0.25) is 0 Å². The highest BCUT2D eigenvalue weighted by atomic mass is 16.7. The second-order valence-corrected chi connectivity index (χ2v) is 10.2. The molecule has 0 bridgehead atoms. The molecule has 0 atom stereocenters. The Morgan fingerprint density at radius 2 is 1.23 bits per heavy atom. The lowest BCUT2D eigenvalue weighted by atomic mass is 9.74. The summed E-state index contributed by atoms with van der Waals surface area (Å²) < 4.78 is 12.9. The zero-order chi connectivity index (χ0) is 26.8. The van der Waals surface area contributed by atoms with Gasteiger partial charge in [-0.1, -0.05) is 97.1 Å². The molecule has 1 aliphatic heterocycles. The third-order valence-electron chi connectivity index (χ3n) is 7.62. The van der Waals surface area contributed by atoms with Crippen molar-refractivity contribution in [2.75, 3.05) is 0 Å². The van der Waals surface area contributed by atoms with Gasteiger partial charge in [0.15, 0.2) is 28.8 Å². The lowest BCUT2D eigenvalue weighted by molar-refractivity contribution is -0.142. The fourth-order valence-electron chi connectivity index (χ4n) is 5.63. The Kier molecular flexibility index (Phi) is 6.57. The summed E-state index contributed by atoms with van der Waals surface area (Å²) in [5.41, 5.74) is 3.58. The third kappa shape index (κ3) is 4.76. The number of ketones is 3. The Labute approximate surface area is 227 Å². The highest BCUT2D eigenvalue weighted by molar-refractivity contribution is 6.21. The Morgan fingerprint density at radius 1 is 0.692 bits per heavy atom. The van der Waals surface area contributed by atoms with E-state index in [0.717, 1.165) is 22.3 Å². The first-order chi connectivity index (χ1) is 19.0. The Morgan fingerprint density at radius 3 is 1.82 bits per heavy atom. The van der Waals surface area contributed by atoms with Gasteiger partial charge < -0.3 is 9.47 Å². The molecule has 1 saturated carbocycles. The molecule has 4 aromatic rings. The minimum atomic E-state index is -1.15. The van der Waals surface area contributed by atoms with Crippen LogP contribution in [0.5, 0.6) is 11.5 Å². The Bertz CT molecular complexity index is 1450. The molecule has 4 aromatic carbocycles. The summed E-state index contributed by atoms with van der Waals surface area (Å²) in [6.07, 6.45) is 0.951. The van der Waals surface area contributed by atoms with Crippen LogP contribution in [0.15, 0.2) is 109 Å². The predicted molar refractivity (Wildman–Crippen MR) is 147 cm³/mol. The number of hydrogen-bond acceptors (Lipinski definition) is 5. The quantitative estimate of drug-likeness (QED) is 0.274. The van der Waals surface area contributed by atoms with Gasteiger partial charge in [-0.2, -0.15) is 0 Å². The van der Waals surface area contributed by atoms with Gasteiger partial charge in [0, 0.05) is 30.4 Å². The van der Waals surface area contributed by atoms with Crippen molar-refractivity contribution in [3.63, 3.8) is 0 Å². The van der Waals surface area contributed by atoms with Crippen molar-refractivity contribution < 1.29 is 23.9 Å². The molecule has 0 unspecified atom stereocenters. The topological polar surface area (TPSA) is 69.7 Å². The summed E-state index contributed by atoms with van der Waals surface area (Å²) >= 11 is 0. The van der Waals surface area contributed by atoms with Crippen molar-refractivity contribution >= 4 is 17.3 Å². The van der Waals surface area contributed by atoms with Crippen LogP contribution in [0.2, 0.25) is 0 Å². The van der Waals surface area contributed by atoms with Crippen LogP contribution in [0.3, 0.4) is 0 Å². The molecular weight excluding hydrogens is 488 g/mol. The standard InChI is InChI=1S/C34H28O5/c35-28(33-29(36)21-25(22-30(33)37)24-10-4-1-5-11-24)18-16-23-17-19-31-32(20-23)39-34(38-31,26-12-6-2-7-13-26)27-14-8-3-9-15-27/h1-15,17,19-20,25,33H,16,18,21-22H2. The maximum absolute atomic E-state index is 13.0. The molecule has 2 aliphatic rings. The van der Waals surface area contributed by atoms with Gasteiger partial charge in [0.25, 0.3) is 0 Å². The first-order valence-electron chi connectivity index (χ1n) is 13.3. The normalized spacial score (nSPS) is 19.6. The molecule has 1 fully saturated rings. The van der Waals surface area contributed by atoms with Crippen molar-refractivity contribution in [3.8, 4) is 11.5 Å². The van der Waals surface area contributed by atoms with Crippen LogP contribution in [0, 0.1) is 5.92 Å². The van der Waals surface area contributed by atoms with E-state index < -0.39 is 11.7 Å². The van der Waals surface area contributed by atoms with Crippen LogP contribution in [0.1, 0.15) is 47.4 Å². The van der Waals surface area contributed by atoms with Crippen molar-refractivity contribution in [1.29, 1.82) is 0 Å². The number of carbonyl (C=O) groups excluding carboxylic acids is 3. The van der Waals surface area contributed by atoms with Gasteiger partial charge in [-0.25, -0.2) is 0 Å². The fourth-order valence-corrected chi connectivity index (χ4v) is 5.63. The summed E-state index contributed by atoms with van der Waals surface area (Å²) in [5.74, 6) is -2.07. The van der Waals surface area contributed by atoms with Crippen LogP contribution < -0.4 is 9.47 Å². The van der Waals surface area contributed by atoms with Crippen LogP contribution in [-0.2, 0) is 26.6 Å². The summed E-state index contributed by atoms with van der Waals surface area (Å²) in [5, 5.41) is 0. The zero-order valence-electron chi connectivity index (χ0n) is 21.4. The number of fused-ring (bicyclic) bond motifs is 1. The van der Waals surface area contributed by atoms with E-state index in [-0.39, 0.29) is 42.5 Å². The molecule has 5 heteroatoms. The average Bonchev–Trinajstić information content (AvgIpc) is 3.37. The average molecular weight is 517 g/mol. The van der Waals surface area contributed by atoms with Crippen LogP contribution in [-0.4, -0.2) is 17.3 Å². The van der Waals surface area contributed by atoms with Gasteiger partial charge in [-0.05, 0) is 35.6 Å². The van der Waals surface area contributed by atoms with Crippen molar-refractivity contribution in [3.05, 3.63) is 131 Å². The summed E-state index contributed by atoms with van der Waals surface area (Å²) in [4.78, 5) is 38.8. The lowest BCUT2D eigenvalue weighted by Gasteiger charge is -2.28. The number of Topliss-reactive ketones (excluding diaryl/α,β-unsaturated/α-hetero) is 3. The van der Waals surface area contributed by atoms with Crippen LogP contribution >= 0.6 is 0 Å². The Hall–Kier alpha value is -4.51. The molecule has 6 rings (SSSR count). The van der Waals surface area contributed by atoms with Crippen LogP contribution in [0.4, 0.5) is 0 Å². The third-order valence-corrected chi connectivity index (χ3v) is 7.62. The number of hydrogen-bond donors (Lipinski definition) is 0. The fraction of sp³-hybridized carbons (Fsp3) is 0.206. The van der Waals surface area contributed by atoms with Gasteiger partial charge in [0.1, 0.15) is 5.92 Å². The molecule has 0 aromatic heterocycles. The number of ether oxygens (including phenoxy) is 2. The summed E-state index contributed by atoms with van der Waals surface area (Å²) in [6, 6.07) is 34.8. The predicted octanol–water partition coefficient (Wildman–Crippen LogP) is 6.19. The molecule has 194 valence electrons. The molecule has 0 radical (unpaired) electrons. The molecule has 39 heavy (non-hydrogen) atoms. The molecule has 0 saturated heterocycles. The van der Waals surface area contributed by atoms with Gasteiger partial charge in [-0.15, -0.1) is 0 Å². The largest absolute Gasteiger partial charge is 0.440 e. The van der Waals surface area contributed by atoms with Crippen LogP contribution in [0.25, 0.3) is 0 Å². The SMILES string of the molecule is O=C(CCc1ccc2c(c1)OC(c1ccccc1)(c1ccccc1)O2)C1C(=O)CC(c2ccccc2)CC1=O. The van der Waals surface area contributed by atoms with E-state index in [1.807, 2.05) is 109 Å². The number of rotatable bonds is 7. The molecule has 5 nitrogen and oxygen atoms in total. The van der Waals surface area contributed by atoms with E-state index in [2.05, 4.69) is 0 Å². The zero-order valence-corrected chi connectivity index (χ0v) is 21.4. The van der Waals surface area contributed by atoms with E-state index in [1.54, 1.807) is 0 Å². The van der Waals surface area contributed by atoms with Gasteiger partial charge >= 0.3 is 5.79 Å². The maximum atomic E-state index is 13.0. The number of aryl methyl sites for hydroxylation is 1. The van der Waals surface area contributed by atoms with Crippen molar-refractivity contribution in [1.82, 2.24) is 0 Å². The van der Waals surface area contributed by atoms with E-state index >= 15 is 0 Å². The monoisotopic (exact) mass is 516 g/mol. The smallest absolute Gasteiger partial charge is 0.305 e. The minimum absolute atomic E-state index is 0.111. The molecule has 1 aliphatic carbocycles. The second-order valence-electron chi connectivity index (χ2n) is 10.2. The van der Waals surface area contributed by atoms with Gasteiger partial charge in [0.05, 0.1) is 0 Å². The van der Waals surface area contributed by atoms with Gasteiger partial charge in [-0.3, -0.25) is 14.4 Å². The molecule has 0 spiro atoms. The highest BCUT2D eigenvalue weighted by Crippen LogP contribution is 2.48.